The molecular weight excluding hydrogens is 304 g/mol. The van der Waals surface area contributed by atoms with Crippen LogP contribution in [0.4, 0.5) is 5.69 Å². The summed E-state index contributed by atoms with van der Waals surface area (Å²) in [6.45, 7) is 0.285. The van der Waals surface area contributed by atoms with Gasteiger partial charge in [0, 0.05) is 6.07 Å². The Balaban J connectivity index is 1.79. The summed E-state index contributed by atoms with van der Waals surface area (Å²) in [7, 11) is 1.45. The third-order valence-corrected chi connectivity index (χ3v) is 4.06. The predicted octanol–water partition coefficient (Wildman–Crippen LogP) is 3.79. The van der Waals surface area contributed by atoms with Crippen molar-refractivity contribution in [2.24, 2.45) is 0 Å². The summed E-state index contributed by atoms with van der Waals surface area (Å²) in [5.74, 6) is 0.780. The smallest absolute Gasteiger partial charge is 0.273 e. The van der Waals surface area contributed by atoms with E-state index in [0.717, 1.165) is 15.2 Å². The highest BCUT2D eigenvalue weighted by molar-refractivity contribution is 7.18. The number of hydrogen-bond acceptors (Lipinski definition) is 6. The first-order chi connectivity index (χ1) is 10.7. The molecule has 0 atom stereocenters. The van der Waals surface area contributed by atoms with Crippen LogP contribution in [-0.2, 0) is 6.61 Å². The zero-order chi connectivity index (χ0) is 15.5. The van der Waals surface area contributed by atoms with Crippen molar-refractivity contribution >= 4 is 27.2 Å². The third kappa shape index (κ3) is 2.84. The van der Waals surface area contributed by atoms with Gasteiger partial charge >= 0.3 is 0 Å². The molecule has 0 unspecified atom stereocenters. The lowest BCUT2D eigenvalue weighted by Gasteiger charge is -2.08. The van der Waals surface area contributed by atoms with Gasteiger partial charge in [0.2, 0.25) is 0 Å². The number of hydrogen-bond donors (Lipinski definition) is 0. The molecule has 112 valence electrons. The van der Waals surface area contributed by atoms with E-state index < -0.39 is 4.92 Å². The normalized spacial score (nSPS) is 10.6. The maximum Gasteiger partial charge on any atom is 0.273 e. The van der Waals surface area contributed by atoms with Gasteiger partial charge in [0.1, 0.15) is 11.6 Å². The van der Waals surface area contributed by atoms with Crippen molar-refractivity contribution in [1.29, 1.82) is 0 Å². The zero-order valence-corrected chi connectivity index (χ0v) is 12.5. The largest absolute Gasteiger partial charge is 0.493 e. The summed E-state index contributed by atoms with van der Waals surface area (Å²) < 4.78 is 11.9. The van der Waals surface area contributed by atoms with Crippen molar-refractivity contribution in [3.8, 4) is 11.5 Å². The molecule has 1 aromatic heterocycles. The number of nitrogens with zero attached hydrogens (tertiary/aromatic N) is 2. The summed E-state index contributed by atoms with van der Waals surface area (Å²) >= 11 is 1.55. The van der Waals surface area contributed by atoms with Crippen LogP contribution in [-0.4, -0.2) is 17.0 Å². The maximum absolute atomic E-state index is 10.8. The minimum absolute atomic E-state index is 0.0378. The molecule has 0 spiro atoms. The minimum atomic E-state index is -0.472. The maximum atomic E-state index is 10.8. The van der Waals surface area contributed by atoms with E-state index in [-0.39, 0.29) is 12.3 Å². The van der Waals surface area contributed by atoms with E-state index in [1.807, 2.05) is 24.3 Å². The molecule has 0 radical (unpaired) electrons. The number of nitro benzene ring substituents is 1. The van der Waals surface area contributed by atoms with Gasteiger partial charge in [-0.3, -0.25) is 10.1 Å². The first kappa shape index (κ1) is 14.3. The molecule has 22 heavy (non-hydrogen) atoms. The molecule has 6 nitrogen and oxygen atoms in total. The first-order valence-corrected chi connectivity index (χ1v) is 7.28. The monoisotopic (exact) mass is 316 g/mol. The number of benzene rings is 2. The lowest BCUT2D eigenvalue weighted by molar-refractivity contribution is -0.385. The Morgan fingerprint density at radius 2 is 2.05 bits per heavy atom. The van der Waals surface area contributed by atoms with E-state index in [9.17, 15) is 10.1 Å². The molecule has 7 heteroatoms. The van der Waals surface area contributed by atoms with E-state index in [1.54, 1.807) is 11.3 Å². The number of aromatic nitrogens is 1. The van der Waals surface area contributed by atoms with Crippen LogP contribution in [0.15, 0.2) is 42.5 Å². The fraction of sp³-hybridized carbons (Fsp3) is 0.133. The number of rotatable bonds is 5. The molecule has 0 N–H and O–H groups in total. The zero-order valence-electron chi connectivity index (χ0n) is 11.7. The Labute approximate surface area is 130 Å². The van der Waals surface area contributed by atoms with Gasteiger partial charge in [0.25, 0.3) is 5.69 Å². The van der Waals surface area contributed by atoms with Crippen LogP contribution in [0.1, 0.15) is 5.01 Å². The molecule has 0 bridgehead atoms. The van der Waals surface area contributed by atoms with Crippen molar-refractivity contribution in [2.75, 3.05) is 7.11 Å². The van der Waals surface area contributed by atoms with Gasteiger partial charge in [-0.1, -0.05) is 12.1 Å². The van der Waals surface area contributed by atoms with Crippen LogP contribution >= 0.6 is 11.3 Å². The van der Waals surface area contributed by atoms with Crippen LogP contribution in [0.3, 0.4) is 0 Å². The molecule has 0 saturated carbocycles. The Morgan fingerprint density at radius 3 is 2.77 bits per heavy atom. The number of nitro groups is 1. The fourth-order valence-electron chi connectivity index (χ4n) is 2.01. The number of non-ortho nitro benzene ring substituents is 1. The Hall–Kier alpha value is -2.67. The lowest BCUT2D eigenvalue weighted by Crippen LogP contribution is -1.98. The molecule has 3 aromatic rings. The van der Waals surface area contributed by atoms with Crippen molar-refractivity contribution in [3.05, 3.63) is 57.6 Å². The summed E-state index contributed by atoms with van der Waals surface area (Å²) in [6.07, 6.45) is 0. The highest BCUT2D eigenvalue weighted by atomic mass is 32.1. The molecular formula is C15H12N2O4S. The topological polar surface area (TPSA) is 74.5 Å². The van der Waals surface area contributed by atoms with Crippen LogP contribution in [0.2, 0.25) is 0 Å². The van der Waals surface area contributed by atoms with Gasteiger partial charge in [0.15, 0.2) is 11.5 Å². The highest BCUT2D eigenvalue weighted by Crippen LogP contribution is 2.32. The molecule has 3 rings (SSSR count). The lowest BCUT2D eigenvalue weighted by atomic mass is 10.3. The third-order valence-electron chi connectivity index (χ3n) is 3.05. The van der Waals surface area contributed by atoms with Crippen LogP contribution in [0, 0.1) is 10.1 Å². The number of para-hydroxylation sites is 1. The van der Waals surface area contributed by atoms with Crippen LogP contribution in [0.25, 0.3) is 10.2 Å². The van der Waals surface area contributed by atoms with Gasteiger partial charge < -0.3 is 9.47 Å². The standard InChI is InChI=1S/C15H12N2O4S/c1-20-13-8-10(17(18)19)6-7-12(13)21-9-15-16-11-4-2-3-5-14(11)22-15/h2-8H,9H2,1H3. The molecule has 0 fully saturated rings. The summed E-state index contributed by atoms with van der Waals surface area (Å²) in [6, 6.07) is 12.1. The predicted molar refractivity (Wildman–Crippen MR) is 83.6 cm³/mol. The number of thiazole rings is 1. The van der Waals surface area contributed by atoms with E-state index in [4.69, 9.17) is 9.47 Å². The number of fused-ring (bicyclic) bond motifs is 1. The molecule has 0 aliphatic heterocycles. The Kier molecular flexibility index (Phi) is 3.88. The van der Waals surface area contributed by atoms with Gasteiger partial charge in [-0.05, 0) is 18.2 Å². The Bertz CT molecular complexity index is 798. The van der Waals surface area contributed by atoms with Crippen LogP contribution < -0.4 is 9.47 Å². The minimum Gasteiger partial charge on any atom is -0.493 e. The van der Waals surface area contributed by atoms with E-state index >= 15 is 0 Å². The quantitative estimate of drug-likeness (QED) is 0.529. The van der Waals surface area contributed by atoms with E-state index in [1.165, 1.54) is 25.3 Å². The van der Waals surface area contributed by atoms with Gasteiger partial charge in [0.05, 0.1) is 28.3 Å². The first-order valence-electron chi connectivity index (χ1n) is 6.47. The SMILES string of the molecule is COc1cc([N+](=O)[O-])ccc1OCc1nc2ccccc2s1. The average Bonchev–Trinajstić information content (AvgIpc) is 2.95. The fourth-order valence-corrected chi connectivity index (χ4v) is 2.89. The molecule has 0 aliphatic rings. The molecule has 0 saturated heterocycles. The summed E-state index contributed by atoms with van der Waals surface area (Å²) in [5, 5.41) is 11.6. The Morgan fingerprint density at radius 1 is 1.23 bits per heavy atom. The van der Waals surface area contributed by atoms with E-state index in [2.05, 4.69) is 4.98 Å². The number of methoxy groups -OCH3 is 1. The summed E-state index contributed by atoms with van der Waals surface area (Å²) in [5.41, 5.74) is 0.894. The van der Waals surface area contributed by atoms with Crippen LogP contribution in [0.5, 0.6) is 11.5 Å². The van der Waals surface area contributed by atoms with Crippen molar-refractivity contribution < 1.29 is 14.4 Å². The highest BCUT2D eigenvalue weighted by Gasteiger charge is 2.13. The second kappa shape index (κ2) is 5.98. The van der Waals surface area contributed by atoms with Gasteiger partial charge in [-0.15, -0.1) is 11.3 Å². The van der Waals surface area contributed by atoms with Gasteiger partial charge in [-0.25, -0.2) is 4.98 Å². The molecule has 2 aromatic carbocycles. The second-order valence-corrected chi connectivity index (χ2v) is 5.57. The molecule has 1 heterocycles. The van der Waals surface area contributed by atoms with Crippen molar-refractivity contribution in [3.63, 3.8) is 0 Å². The summed E-state index contributed by atoms with van der Waals surface area (Å²) in [4.78, 5) is 14.8. The van der Waals surface area contributed by atoms with Crippen molar-refractivity contribution in [2.45, 2.75) is 6.61 Å². The second-order valence-electron chi connectivity index (χ2n) is 4.46. The molecule has 0 aliphatic carbocycles. The van der Waals surface area contributed by atoms with E-state index in [0.29, 0.717) is 11.5 Å². The van der Waals surface area contributed by atoms with Crippen molar-refractivity contribution in [1.82, 2.24) is 4.98 Å². The molecule has 0 amide bonds. The van der Waals surface area contributed by atoms with Gasteiger partial charge in [-0.2, -0.15) is 0 Å². The number of ether oxygens (including phenoxy) is 2. The average molecular weight is 316 g/mol.